The minimum atomic E-state index is -4.82. The molecule has 1 fully saturated rings. The third-order valence-corrected chi connectivity index (χ3v) is 3.51. The Hall–Kier alpha value is -1.76. The normalized spacial score (nSPS) is 16.6. The van der Waals surface area contributed by atoms with Crippen molar-refractivity contribution in [2.24, 2.45) is 0 Å². The highest BCUT2D eigenvalue weighted by Gasteiger charge is 2.33. The molecule has 0 saturated carbocycles. The van der Waals surface area contributed by atoms with Crippen LogP contribution in [0.25, 0.3) is 0 Å². The highest BCUT2D eigenvalue weighted by atomic mass is 19.4. The summed E-state index contributed by atoms with van der Waals surface area (Å²) in [6, 6.07) is 4.31. The first-order valence-corrected chi connectivity index (χ1v) is 6.73. The summed E-state index contributed by atoms with van der Waals surface area (Å²) >= 11 is 0. The molecule has 0 spiro atoms. The van der Waals surface area contributed by atoms with Crippen molar-refractivity contribution >= 4 is 5.91 Å². The van der Waals surface area contributed by atoms with Gasteiger partial charge in [-0.2, -0.15) is 0 Å². The number of hydrogen-bond acceptors (Lipinski definition) is 3. The van der Waals surface area contributed by atoms with Crippen molar-refractivity contribution in [3.05, 3.63) is 29.3 Å². The second kappa shape index (κ2) is 6.34. The quantitative estimate of drug-likeness (QED) is 0.901. The number of carbonyl (C=O) groups excluding carboxylic acids is 1. The Balaban J connectivity index is 2.32. The van der Waals surface area contributed by atoms with Crippen LogP contribution in [0.2, 0.25) is 0 Å². The van der Waals surface area contributed by atoms with Gasteiger partial charge in [0, 0.05) is 7.05 Å². The SMILES string of the molecule is CNC(=O)c1cc(C2CCNCC2)ccc1OC(F)(F)F. The minimum Gasteiger partial charge on any atom is -0.405 e. The Morgan fingerprint density at radius 2 is 2.00 bits per heavy atom. The van der Waals surface area contributed by atoms with E-state index in [1.54, 1.807) is 6.07 Å². The number of nitrogens with one attached hydrogen (secondary N) is 2. The number of hydrogen-bond donors (Lipinski definition) is 2. The molecule has 1 saturated heterocycles. The lowest BCUT2D eigenvalue weighted by atomic mass is 9.89. The summed E-state index contributed by atoms with van der Waals surface area (Å²) in [5.41, 5.74) is 0.774. The van der Waals surface area contributed by atoms with Crippen molar-refractivity contribution in [1.82, 2.24) is 10.6 Å². The number of halogens is 3. The van der Waals surface area contributed by atoms with Crippen LogP contribution in [0.15, 0.2) is 18.2 Å². The predicted molar refractivity (Wildman–Crippen MR) is 71.4 cm³/mol. The number of carbonyl (C=O) groups is 1. The summed E-state index contributed by atoms with van der Waals surface area (Å²) in [6.45, 7) is 1.72. The maximum absolute atomic E-state index is 12.4. The Kier molecular flexibility index (Phi) is 4.72. The molecule has 0 atom stereocenters. The molecule has 0 radical (unpaired) electrons. The number of ether oxygens (including phenoxy) is 1. The fourth-order valence-electron chi connectivity index (χ4n) is 2.48. The number of piperidine rings is 1. The van der Waals surface area contributed by atoms with E-state index < -0.39 is 18.0 Å². The fraction of sp³-hybridized carbons (Fsp3) is 0.500. The maximum atomic E-state index is 12.4. The van der Waals surface area contributed by atoms with Crippen molar-refractivity contribution in [3.63, 3.8) is 0 Å². The smallest absolute Gasteiger partial charge is 0.405 e. The monoisotopic (exact) mass is 302 g/mol. The van der Waals surface area contributed by atoms with E-state index in [9.17, 15) is 18.0 Å². The van der Waals surface area contributed by atoms with Gasteiger partial charge in [0.1, 0.15) is 5.75 Å². The van der Waals surface area contributed by atoms with Gasteiger partial charge >= 0.3 is 6.36 Å². The van der Waals surface area contributed by atoms with E-state index in [1.807, 2.05) is 0 Å². The highest BCUT2D eigenvalue weighted by Crippen LogP contribution is 2.32. The van der Waals surface area contributed by atoms with Gasteiger partial charge in [-0.05, 0) is 49.5 Å². The van der Waals surface area contributed by atoms with E-state index in [0.717, 1.165) is 31.5 Å². The van der Waals surface area contributed by atoms with Crippen molar-refractivity contribution < 1.29 is 22.7 Å². The Labute approximate surface area is 120 Å². The van der Waals surface area contributed by atoms with Gasteiger partial charge in [0.25, 0.3) is 5.91 Å². The number of alkyl halides is 3. The Bertz CT molecular complexity index is 511. The van der Waals surface area contributed by atoms with E-state index in [4.69, 9.17) is 0 Å². The molecule has 1 aliphatic rings. The van der Waals surface area contributed by atoms with Crippen molar-refractivity contribution in [3.8, 4) is 5.75 Å². The van der Waals surface area contributed by atoms with E-state index in [1.165, 1.54) is 19.2 Å². The first kappa shape index (κ1) is 15.6. The molecule has 0 unspecified atom stereocenters. The third-order valence-electron chi connectivity index (χ3n) is 3.51. The van der Waals surface area contributed by atoms with Gasteiger partial charge in [0.05, 0.1) is 5.56 Å². The topological polar surface area (TPSA) is 50.4 Å². The summed E-state index contributed by atoms with van der Waals surface area (Å²) in [4.78, 5) is 11.8. The molecule has 0 aliphatic carbocycles. The van der Waals surface area contributed by atoms with Crippen LogP contribution in [-0.2, 0) is 0 Å². The molecular weight excluding hydrogens is 285 g/mol. The average molecular weight is 302 g/mol. The van der Waals surface area contributed by atoms with Gasteiger partial charge in [0.15, 0.2) is 0 Å². The molecule has 1 heterocycles. The second-order valence-electron chi connectivity index (χ2n) is 4.91. The van der Waals surface area contributed by atoms with Gasteiger partial charge in [0.2, 0.25) is 0 Å². The van der Waals surface area contributed by atoms with Crippen LogP contribution in [0.3, 0.4) is 0 Å². The zero-order valence-corrected chi connectivity index (χ0v) is 11.6. The Morgan fingerprint density at radius 3 is 2.57 bits per heavy atom. The first-order valence-electron chi connectivity index (χ1n) is 6.73. The van der Waals surface area contributed by atoms with Gasteiger partial charge in [-0.15, -0.1) is 13.2 Å². The molecule has 4 nitrogen and oxygen atoms in total. The van der Waals surface area contributed by atoms with Crippen LogP contribution < -0.4 is 15.4 Å². The van der Waals surface area contributed by atoms with E-state index in [-0.39, 0.29) is 11.5 Å². The molecule has 1 amide bonds. The zero-order chi connectivity index (χ0) is 15.5. The highest BCUT2D eigenvalue weighted by molar-refractivity contribution is 5.97. The summed E-state index contributed by atoms with van der Waals surface area (Å²) in [7, 11) is 1.37. The zero-order valence-electron chi connectivity index (χ0n) is 11.6. The van der Waals surface area contributed by atoms with Crippen LogP contribution in [0.5, 0.6) is 5.75 Å². The lowest BCUT2D eigenvalue weighted by molar-refractivity contribution is -0.274. The average Bonchev–Trinajstić information content (AvgIpc) is 2.46. The maximum Gasteiger partial charge on any atom is 0.573 e. The predicted octanol–water partition coefficient (Wildman–Crippen LogP) is 2.41. The van der Waals surface area contributed by atoms with Crippen LogP contribution in [-0.4, -0.2) is 32.4 Å². The summed E-state index contributed by atoms with van der Waals surface area (Å²) in [5, 5.41) is 5.56. The van der Waals surface area contributed by atoms with E-state index >= 15 is 0 Å². The molecular formula is C14H17F3N2O2. The van der Waals surface area contributed by atoms with Crippen LogP contribution in [0, 0.1) is 0 Å². The Morgan fingerprint density at radius 1 is 1.33 bits per heavy atom. The van der Waals surface area contributed by atoms with Gasteiger partial charge in [-0.3, -0.25) is 4.79 Å². The molecule has 21 heavy (non-hydrogen) atoms. The van der Waals surface area contributed by atoms with Crippen LogP contribution in [0.1, 0.15) is 34.7 Å². The molecule has 116 valence electrons. The number of rotatable bonds is 3. The van der Waals surface area contributed by atoms with Gasteiger partial charge < -0.3 is 15.4 Å². The largest absolute Gasteiger partial charge is 0.573 e. The van der Waals surface area contributed by atoms with Crippen LogP contribution in [0.4, 0.5) is 13.2 Å². The summed E-state index contributed by atoms with van der Waals surface area (Å²) in [6.07, 6.45) is -3.03. The minimum absolute atomic E-state index is 0.0918. The number of benzene rings is 1. The fourth-order valence-corrected chi connectivity index (χ4v) is 2.48. The molecule has 2 rings (SSSR count). The lowest BCUT2D eigenvalue weighted by Crippen LogP contribution is -2.27. The summed E-state index contributed by atoms with van der Waals surface area (Å²) in [5.74, 6) is -0.820. The second-order valence-corrected chi connectivity index (χ2v) is 4.91. The van der Waals surface area contributed by atoms with Gasteiger partial charge in [-0.25, -0.2) is 0 Å². The van der Waals surface area contributed by atoms with Gasteiger partial charge in [-0.1, -0.05) is 6.07 Å². The lowest BCUT2D eigenvalue weighted by Gasteiger charge is -2.24. The van der Waals surface area contributed by atoms with Crippen LogP contribution >= 0.6 is 0 Å². The molecule has 0 aromatic heterocycles. The number of amides is 1. The van der Waals surface area contributed by atoms with E-state index in [2.05, 4.69) is 15.4 Å². The molecule has 0 bridgehead atoms. The molecule has 2 N–H and O–H groups in total. The first-order chi connectivity index (χ1) is 9.90. The third kappa shape index (κ3) is 4.10. The van der Waals surface area contributed by atoms with E-state index in [0.29, 0.717) is 0 Å². The van der Waals surface area contributed by atoms with Crippen molar-refractivity contribution in [2.75, 3.05) is 20.1 Å². The standard InChI is InChI=1S/C14H17F3N2O2/c1-18-13(20)11-8-10(9-4-6-19-7-5-9)2-3-12(11)21-14(15,16)17/h2-3,8-9,19H,4-7H2,1H3,(H,18,20). The molecule has 7 heteroatoms. The molecule has 1 aromatic rings. The van der Waals surface area contributed by atoms with Crippen molar-refractivity contribution in [1.29, 1.82) is 0 Å². The molecule has 1 aliphatic heterocycles. The molecule has 1 aromatic carbocycles. The summed E-state index contributed by atoms with van der Waals surface area (Å²) < 4.78 is 41.1. The van der Waals surface area contributed by atoms with Crippen molar-refractivity contribution in [2.45, 2.75) is 25.1 Å².